The first-order valence-corrected chi connectivity index (χ1v) is 7.94. The van der Waals surface area contributed by atoms with Gasteiger partial charge in [-0.3, -0.25) is 4.79 Å². The third-order valence-electron chi connectivity index (χ3n) is 3.91. The Hall–Kier alpha value is -3.41. The van der Waals surface area contributed by atoms with Crippen LogP contribution in [-0.4, -0.2) is 20.5 Å². The number of carbonyl (C=O) groups is 1. The first-order chi connectivity index (χ1) is 12.2. The summed E-state index contributed by atoms with van der Waals surface area (Å²) in [5.74, 6) is 0.454. The summed E-state index contributed by atoms with van der Waals surface area (Å²) in [7, 11) is 0. The molecule has 6 nitrogen and oxygen atoms in total. The molecule has 124 valence electrons. The normalized spacial score (nSPS) is 10.9. The van der Waals surface area contributed by atoms with Crippen molar-refractivity contribution in [2.24, 2.45) is 0 Å². The maximum atomic E-state index is 12.4. The van der Waals surface area contributed by atoms with Gasteiger partial charge in [-0.1, -0.05) is 30.3 Å². The molecule has 4 aromatic rings. The summed E-state index contributed by atoms with van der Waals surface area (Å²) in [4.78, 5) is 16.9. The number of nitrogens with one attached hydrogen (secondary N) is 1. The molecular formula is C19H16N4O2. The first kappa shape index (κ1) is 15.1. The van der Waals surface area contributed by atoms with Crippen molar-refractivity contribution in [3.05, 3.63) is 77.8 Å². The molecule has 0 aliphatic carbocycles. The summed E-state index contributed by atoms with van der Waals surface area (Å²) in [5, 5.41) is 7.37. The molecule has 0 bridgehead atoms. The molecule has 25 heavy (non-hydrogen) atoms. The highest BCUT2D eigenvalue weighted by Crippen LogP contribution is 2.20. The van der Waals surface area contributed by atoms with Gasteiger partial charge in [-0.25, -0.2) is 9.50 Å². The fourth-order valence-corrected chi connectivity index (χ4v) is 2.65. The predicted octanol–water partition coefficient (Wildman–Crippen LogP) is 3.23. The number of carbonyl (C=O) groups excluding carboxylic acids is 1. The maximum absolute atomic E-state index is 12.4. The summed E-state index contributed by atoms with van der Waals surface area (Å²) in [6.45, 7) is 2.35. The van der Waals surface area contributed by atoms with E-state index in [1.165, 1.54) is 0 Å². The Bertz CT molecular complexity index is 1020. The Morgan fingerprint density at radius 2 is 2.00 bits per heavy atom. The van der Waals surface area contributed by atoms with Crippen LogP contribution in [0.25, 0.3) is 17.1 Å². The van der Waals surface area contributed by atoms with Crippen molar-refractivity contribution in [1.82, 2.24) is 19.9 Å². The predicted molar refractivity (Wildman–Crippen MR) is 93.0 cm³/mol. The van der Waals surface area contributed by atoms with E-state index in [4.69, 9.17) is 4.42 Å². The Kier molecular flexibility index (Phi) is 3.78. The van der Waals surface area contributed by atoms with Crippen LogP contribution < -0.4 is 5.32 Å². The fourth-order valence-electron chi connectivity index (χ4n) is 2.65. The molecule has 1 N–H and O–H groups in total. The highest BCUT2D eigenvalue weighted by molar-refractivity contribution is 5.92. The van der Waals surface area contributed by atoms with Gasteiger partial charge in [0.1, 0.15) is 11.4 Å². The van der Waals surface area contributed by atoms with Crippen molar-refractivity contribution in [3.8, 4) is 11.5 Å². The van der Waals surface area contributed by atoms with Crippen molar-refractivity contribution in [2.45, 2.75) is 13.5 Å². The molecule has 0 fully saturated rings. The standard InChI is InChI=1S/C19H16N4O2/c1-13-10-16(19(24)20-12-14-6-3-2-4-7-14)21-18-11-15(22-23(13)18)17-8-5-9-25-17/h2-11H,12H2,1H3,(H,20,24). The van der Waals surface area contributed by atoms with E-state index in [-0.39, 0.29) is 5.91 Å². The maximum Gasteiger partial charge on any atom is 0.270 e. The number of fused-ring (bicyclic) bond motifs is 1. The van der Waals surface area contributed by atoms with E-state index in [1.807, 2.05) is 49.4 Å². The molecule has 6 heteroatoms. The topological polar surface area (TPSA) is 72.4 Å². The van der Waals surface area contributed by atoms with E-state index in [2.05, 4.69) is 15.4 Å². The van der Waals surface area contributed by atoms with Crippen LogP contribution >= 0.6 is 0 Å². The number of furan rings is 1. The molecule has 0 aliphatic heterocycles. The van der Waals surface area contributed by atoms with Gasteiger partial charge >= 0.3 is 0 Å². The van der Waals surface area contributed by atoms with Gasteiger partial charge in [0.25, 0.3) is 5.91 Å². The van der Waals surface area contributed by atoms with Gasteiger partial charge in [-0.15, -0.1) is 0 Å². The molecule has 3 aromatic heterocycles. The lowest BCUT2D eigenvalue weighted by Crippen LogP contribution is -2.24. The SMILES string of the molecule is Cc1cc(C(=O)NCc2ccccc2)nc2cc(-c3ccco3)nn12. The third kappa shape index (κ3) is 3.01. The minimum Gasteiger partial charge on any atom is -0.463 e. The molecular weight excluding hydrogens is 316 g/mol. The Morgan fingerprint density at radius 3 is 2.76 bits per heavy atom. The quantitative estimate of drug-likeness (QED) is 0.623. The minimum atomic E-state index is -0.213. The summed E-state index contributed by atoms with van der Waals surface area (Å²) < 4.78 is 7.07. The molecule has 0 aliphatic rings. The zero-order valence-corrected chi connectivity index (χ0v) is 13.6. The van der Waals surface area contributed by atoms with Crippen LogP contribution in [0.5, 0.6) is 0 Å². The average molecular weight is 332 g/mol. The van der Waals surface area contributed by atoms with E-state index in [0.717, 1.165) is 11.3 Å². The van der Waals surface area contributed by atoms with Crippen molar-refractivity contribution in [3.63, 3.8) is 0 Å². The molecule has 0 saturated heterocycles. The second kappa shape index (κ2) is 6.24. The summed E-state index contributed by atoms with van der Waals surface area (Å²) in [5.41, 5.74) is 3.52. The molecule has 0 unspecified atom stereocenters. The minimum absolute atomic E-state index is 0.213. The van der Waals surface area contributed by atoms with Crippen molar-refractivity contribution >= 4 is 11.6 Å². The van der Waals surface area contributed by atoms with Gasteiger partial charge in [0.15, 0.2) is 11.4 Å². The number of rotatable bonds is 4. The number of hydrogen-bond donors (Lipinski definition) is 1. The summed E-state index contributed by atoms with van der Waals surface area (Å²) >= 11 is 0. The van der Waals surface area contributed by atoms with Gasteiger partial charge in [-0.2, -0.15) is 5.10 Å². The zero-order valence-electron chi connectivity index (χ0n) is 13.6. The Balaban J connectivity index is 1.60. The number of nitrogens with zero attached hydrogens (tertiary/aromatic N) is 3. The van der Waals surface area contributed by atoms with Gasteiger partial charge in [0.2, 0.25) is 0 Å². The van der Waals surface area contributed by atoms with Crippen molar-refractivity contribution in [1.29, 1.82) is 0 Å². The van der Waals surface area contributed by atoms with E-state index in [1.54, 1.807) is 22.9 Å². The van der Waals surface area contributed by atoms with Crippen LogP contribution in [0.4, 0.5) is 0 Å². The van der Waals surface area contributed by atoms with E-state index in [0.29, 0.717) is 29.3 Å². The third-order valence-corrected chi connectivity index (χ3v) is 3.91. The van der Waals surface area contributed by atoms with Gasteiger partial charge in [-0.05, 0) is 30.7 Å². The number of amides is 1. The summed E-state index contributed by atoms with van der Waals surface area (Å²) in [6, 6.07) is 16.9. The van der Waals surface area contributed by atoms with Crippen LogP contribution in [0.2, 0.25) is 0 Å². The van der Waals surface area contributed by atoms with Crippen LogP contribution in [0.1, 0.15) is 21.7 Å². The Morgan fingerprint density at radius 1 is 1.16 bits per heavy atom. The van der Waals surface area contributed by atoms with E-state index in [9.17, 15) is 4.79 Å². The molecule has 0 atom stereocenters. The fraction of sp³-hybridized carbons (Fsp3) is 0.105. The molecule has 3 heterocycles. The molecule has 4 rings (SSSR count). The first-order valence-electron chi connectivity index (χ1n) is 7.94. The second-order valence-corrected chi connectivity index (χ2v) is 5.73. The lowest BCUT2D eigenvalue weighted by atomic mass is 10.2. The van der Waals surface area contributed by atoms with E-state index >= 15 is 0 Å². The van der Waals surface area contributed by atoms with Crippen LogP contribution in [0.3, 0.4) is 0 Å². The highest BCUT2D eigenvalue weighted by atomic mass is 16.3. The number of hydrogen-bond acceptors (Lipinski definition) is 4. The summed E-state index contributed by atoms with van der Waals surface area (Å²) in [6.07, 6.45) is 1.60. The molecule has 1 amide bonds. The molecule has 0 radical (unpaired) electrons. The second-order valence-electron chi connectivity index (χ2n) is 5.73. The van der Waals surface area contributed by atoms with Crippen LogP contribution in [0.15, 0.2) is 65.3 Å². The number of aromatic nitrogens is 3. The zero-order chi connectivity index (χ0) is 17.2. The van der Waals surface area contributed by atoms with Crippen LogP contribution in [-0.2, 0) is 6.54 Å². The van der Waals surface area contributed by atoms with E-state index < -0.39 is 0 Å². The smallest absolute Gasteiger partial charge is 0.270 e. The van der Waals surface area contributed by atoms with Crippen molar-refractivity contribution < 1.29 is 9.21 Å². The monoisotopic (exact) mass is 332 g/mol. The van der Waals surface area contributed by atoms with Gasteiger partial charge in [0.05, 0.1) is 6.26 Å². The van der Waals surface area contributed by atoms with Gasteiger partial charge in [0, 0.05) is 18.3 Å². The lowest BCUT2D eigenvalue weighted by Gasteiger charge is -2.06. The number of benzene rings is 1. The molecule has 0 saturated carbocycles. The lowest BCUT2D eigenvalue weighted by molar-refractivity contribution is 0.0946. The van der Waals surface area contributed by atoms with Crippen molar-refractivity contribution in [2.75, 3.05) is 0 Å². The highest BCUT2D eigenvalue weighted by Gasteiger charge is 2.14. The van der Waals surface area contributed by atoms with Crippen LogP contribution in [0, 0.1) is 6.92 Å². The average Bonchev–Trinajstić information content (AvgIpc) is 3.29. The molecule has 0 spiro atoms. The number of aryl methyl sites for hydroxylation is 1. The largest absolute Gasteiger partial charge is 0.463 e. The van der Waals surface area contributed by atoms with Gasteiger partial charge < -0.3 is 9.73 Å². The molecule has 1 aromatic carbocycles. The Labute approximate surface area is 144 Å².